The Bertz CT molecular complexity index is 787. The molecule has 0 fully saturated rings. The summed E-state index contributed by atoms with van der Waals surface area (Å²) < 4.78 is 0. The predicted octanol–water partition coefficient (Wildman–Crippen LogP) is 3.44. The van der Waals surface area contributed by atoms with Gasteiger partial charge in [-0.05, 0) is 24.3 Å². The number of nitrogens with zero attached hydrogens (tertiary/aromatic N) is 1. The van der Waals surface area contributed by atoms with E-state index in [0.29, 0.717) is 16.9 Å². The van der Waals surface area contributed by atoms with Gasteiger partial charge in [-0.1, -0.05) is 26.0 Å². The fraction of sp³-hybridized carbons (Fsp3) is 0.176. The molecule has 0 aliphatic heterocycles. The van der Waals surface area contributed by atoms with Crippen molar-refractivity contribution in [3.05, 3.63) is 64.2 Å². The Kier molecular flexibility index (Phi) is 5.26. The summed E-state index contributed by atoms with van der Waals surface area (Å²) in [6.45, 7) is 3.54. The third kappa shape index (κ3) is 4.39. The zero-order chi connectivity index (χ0) is 17.7. The Hall–Kier alpha value is -3.22. The van der Waals surface area contributed by atoms with Crippen molar-refractivity contribution in [1.29, 1.82) is 0 Å². The number of nitro groups is 1. The van der Waals surface area contributed by atoms with Gasteiger partial charge in [0.25, 0.3) is 11.6 Å². The predicted molar refractivity (Wildman–Crippen MR) is 91.0 cm³/mol. The second-order valence-electron chi connectivity index (χ2n) is 5.49. The van der Waals surface area contributed by atoms with Crippen LogP contribution in [0.15, 0.2) is 48.5 Å². The molecule has 7 heteroatoms. The quantitative estimate of drug-likeness (QED) is 0.648. The maximum atomic E-state index is 12.3. The van der Waals surface area contributed by atoms with Crippen LogP contribution in [0.3, 0.4) is 0 Å². The van der Waals surface area contributed by atoms with Crippen molar-refractivity contribution in [2.24, 2.45) is 5.92 Å². The minimum absolute atomic E-state index is 0.106. The minimum atomic E-state index is -0.530. The van der Waals surface area contributed by atoms with Crippen LogP contribution in [0, 0.1) is 16.0 Å². The summed E-state index contributed by atoms with van der Waals surface area (Å²) in [4.78, 5) is 34.2. The van der Waals surface area contributed by atoms with E-state index < -0.39 is 10.8 Å². The van der Waals surface area contributed by atoms with Gasteiger partial charge in [-0.15, -0.1) is 0 Å². The van der Waals surface area contributed by atoms with Crippen LogP contribution in [0.2, 0.25) is 0 Å². The van der Waals surface area contributed by atoms with Gasteiger partial charge in [-0.3, -0.25) is 19.7 Å². The molecule has 2 aromatic rings. The Morgan fingerprint density at radius 1 is 1.00 bits per heavy atom. The molecule has 2 rings (SSSR count). The highest BCUT2D eigenvalue weighted by Gasteiger charge is 2.12. The van der Waals surface area contributed by atoms with Gasteiger partial charge in [0.2, 0.25) is 5.91 Å². The topological polar surface area (TPSA) is 101 Å². The average Bonchev–Trinajstić information content (AvgIpc) is 2.55. The highest BCUT2D eigenvalue weighted by Crippen LogP contribution is 2.19. The monoisotopic (exact) mass is 327 g/mol. The number of carbonyl (C=O) groups is 2. The summed E-state index contributed by atoms with van der Waals surface area (Å²) in [6, 6.07) is 12.2. The number of hydrogen-bond donors (Lipinski definition) is 2. The SMILES string of the molecule is CC(C)C(=O)Nc1cccc(C(=O)Nc2cccc([N+](=O)[O-])c2)c1. The molecular formula is C17H17N3O4. The molecule has 0 atom stereocenters. The summed E-state index contributed by atoms with van der Waals surface area (Å²) in [5.74, 6) is -0.741. The molecule has 24 heavy (non-hydrogen) atoms. The number of nitrogens with one attached hydrogen (secondary N) is 2. The standard InChI is InChI=1S/C17H17N3O4/c1-11(2)16(21)18-13-6-3-5-12(9-13)17(22)19-14-7-4-8-15(10-14)20(23)24/h3-11H,1-2H3,(H,18,21)(H,19,22). The van der Waals surface area contributed by atoms with E-state index in [1.807, 2.05) is 0 Å². The summed E-state index contributed by atoms with van der Waals surface area (Å²) in [6.07, 6.45) is 0. The number of benzene rings is 2. The number of anilines is 2. The van der Waals surface area contributed by atoms with Crippen LogP contribution in [0.1, 0.15) is 24.2 Å². The second kappa shape index (κ2) is 7.36. The van der Waals surface area contributed by atoms with Crippen LogP contribution in [0.5, 0.6) is 0 Å². The Morgan fingerprint density at radius 2 is 1.62 bits per heavy atom. The van der Waals surface area contributed by atoms with E-state index in [4.69, 9.17) is 0 Å². The van der Waals surface area contributed by atoms with Crippen LogP contribution in [0.4, 0.5) is 17.1 Å². The molecule has 2 aromatic carbocycles. The van der Waals surface area contributed by atoms with Crippen molar-refractivity contribution < 1.29 is 14.5 Å². The lowest BCUT2D eigenvalue weighted by Crippen LogP contribution is -2.18. The molecule has 0 bridgehead atoms. The lowest BCUT2D eigenvalue weighted by atomic mass is 10.1. The van der Waals surface area contributed by atoms with E-state index in [1.165, 1.54) is 18.2 Å². The van der Waals surface area contributed by atoms with Crippen LogP contribution >= 0.6 is 0 Å². The minimum Gasteiger partial charge on any atom is -0.326 e. The zero-order valence-corrected chi connectivity index (χ0v) is 13.3. The van der Waals surface area contributed by atoms with Gasteiger partial charge in [-0.2, -0.15) is 0 Å². The van der Waals surface area contributed by atoms with Crippen LogP contribution < -0.4 is 10.6 Å². The molecule has 0 aliphatic rings. The van der Waals surface area contributed by atoms with E-state index in [0.717, 1.165) is 0 Å². The first-order valence-corrected chi connectivity index (χ1v) is 7.33. The van der Waals surface area contributed by atoms with Crippen molar-refractivity contribution in [2.45, 2.75) is 13.8 Å². The molecule has 2 amide bonds. The Morgan fingerprint density at radius 3 is 2.25 bits per heavy atom. The first-order valence-electron chi connectivity index (χ1n) is 7.33. The largest absolute Gasteiger partial charge is 0.326 e. The Balaban J connectivity index is 2.14. The summed E-state index contributed by atoms with van der Waals surface area (Å²) >= 11 is 0. The van der Waals surface area contributed by atoms with E-state index in [-0.39, 0.29) is 17.5 Å². The smallest absolute Gasteiger partial charge is 0.271 e. The molecule has 0 radical (unpaired) electrons. The first-order chi connectivity index (χ1) is 11.4. The van der Waals surface area contributed by atoms with Crippen molar-refractivity contribution in [3.63, 3.8) is 0 Å². The van der Waals surface area contributed by atoms with Gasteiger partial charge in [0.15, 0.2) is 0 Å². The third-order valence-corrected chi connectivity index (χ3v) is 3.23. The van der Waals surface area contributed by atoms with Crippen molar-refractivity contribution in [1.82, 2.24) is 0 Å². The molecule has 124 valence electrons. The van der Waals surface area contributed by atoms with Gasteiger partial charge in [-0.25, -0.2) is 0 Å². The molecule has 2 N–H and O–H groups in total. The van der Waals surface area contributed by atoms with Crippen molar-refractivity contribution in [2.75, 3.05) is 10.6 Å². The van der Waals surface area contributed by atoms with Crippen LogP contribution in [-0.2, 0) is 4.79 Å². The highest BCUT2D eigenvalue weighted by atomic mass is 16.6. The van der Waals surface area contributed by atoms with Gasteiger partial charge >= 0.3 is 0 Å². The normalized spacial score (nSPS) is 10.3. The van der Waals surface area contributed by atoms with Gasteiger partial charge in [0, 0.05) is 35.0 Å². The molecule has 0 unspecified atom stereocenters. The number of nitro benzene ring substituents is 1. The third-order valence-electron chi connectivity index (χ3n) is 3.23. The van der Waals surface area contributed by atoms with Crippen molar-refractivity contribution in [3.8, 4) is 0 Å². The fourth-order valence-electron chi connectivity index (χ4n) is 1.93. The molecule has 0 aliphatic carbocycles. The lowest BCUT2D eigenvalue weighted by molar-refractivity contribution is -0.384. The van der Waals surface area contributed by atoms with Gasteiger partial charge in [0.05, 0.1) is 4.92 Å². The number of non-ortho nitro benzene ring substituents is 1. The lowest BCUT2D eigenvalue weighted by Gasteiger charge is -2.10. The van der Waals surface area contributed by atoms with E-state index >= 15 is 0 Å². The first kappa shape index (κ1) is 17.1. The van der Waals surface area contributed by atoms with E-state index in [1.54, 1.807) is 44.2 Å². The number of amides is 2. The summed E-state index contributed by atoms with van der Waals surface area (Å²) in [5, 5.41) is 16.1. The van der Waals surface area contributed by atoms with E-state index in [9.17, 15) is 19.7 Å². The molecule has 7 nitrogen and oxygen atoms in total. The van der Waals surface area contributed by atoms with Crippen LogP contribution in [-0.4, -0.2) is 16.7 Å². The zero-order valence-electron chi connectivity index (χ0n) is 13.3. The summed E-state index contributed by atoms with van der Waals surface area (Å²) in [5.41, 5.74) is 1.07. The number of rotatable bonds is 5. The fourth-order valence-corrected chi connectivity index (χ4v) is 1.93. The molecule has 0 spiro atoms. The maximum absolute atomic E-state index is 12.3. The maximum Gasteiger partial charge on any atom is 0.271 e. The van der Waals surface area contributed by atoms with Gasteiger partial charge in [0.1, 0.15) is 0 Å². The van der Waals surface area contributed by atoms with E-state index in [2.05, 4.69) is 10.6 Å². The molecule has 0 saturated carbocycles. The van der Waals surface area contributed by atoms with Crippen molar-refractivity contribution >= 4 is 28.9 Å². The van der Waals surface area contributed by atoms with Crippen LogP contribution in [0.25, 0.3) is 0 Å². The molecular weight excluding hydrogens is 310 g/mol. The highest BCUT2D eigenvalue weighted by molar-refractivity contribution is 6.05. The number of hydrogen-bond acceptors (Lipinski definition) is 4. The Labute approximate surface area is 138 Å². The molecule has 0 aromatic heterocycles. The average molecular weight is 327 g/mol. The second-order valence-corrected chi connectivity index (χ2v) is 5.49. The summed E-state index contributed by atoms with van der Waals surface area (Å²) in [7, 11) is 0. The molecule has 0 heterocycles. The van der Waals surface area contributed by atoms with Gasteiger partial charge < -0.3 is 10.6 Å². The molecule has 0 saturated heterocycles. The number of carbonyl (C=O) groups excluding carboxylic acids is 2.